The molecule has 0 saturated carbocycles. The smallest absolute Gasteiger partial charge is 0.319 e. The zero-order valence-electron chi connectivity index (χ0n) is 22.8. The molecule has 11 nitrogen and oxygen atoms in total. The number of amides is 2. The zero-order chi connectivity index (χ0) is 28.4. The molecule has 0 fully saturated rings. The summed E-state index contributed by atoms with van der Waals surface area (Å²) in [7, 11) is 4.61. The van der Waals surface area contributed by atoms with Crippen molar-refractivity contribution in [1.29, 1.82) is 0 Å². The number of aromatic nitrogens is 3. The number of hydrogen-bond donors (Lipinski definition) is 3. The Hall–Kier alpha value is -4.09. The van der Waals surface area contributed by atoms with Gasteiger partial charge in [0.15, 0.2) is 0 Å². The molecular formula is C28H36N6O5. The van der Waals surface area contributed by atoms with Crippen molar-refractivity contribution in [3.63, 3.8) is 0 Å². The van der Waals surface area contributed by atoms with Crippen LogP contribution in [0.4, 0.5) is 5.69 Å². The summed E-state index contributed by atoms with van der Waals surface area (Å²) in [6.45, 7) is 2.45. The van der Waals surface area contributed by atoms with E-state index >= 15 is 0 Å². The minimum atomic E-state index is -0.964. The molecule has 2 heterocycles. The average Bonchev–Trinajstić information content (AvgIpc) is 3.28. The van der Waals surface area contributed by atoms with Gasteiger partial charge in [-0.2, -0.15) is 5.10 Å². The van der Waals surface area contributed by atoms with E-state index in [0.717, 1.165) is 16.8 Å². The van der Waals surface area contributed by atoms with Crippen LogP contribution in [0.5, 0.6) is 0 Å². The zero-order valence-corrected chi connectivity index (χ0v) is 22.8. The number of carbonyl (C=O) groups is 3. The summed E-state index contributed by atoms with van der Waals surface area (Å²) in [5, 5.41) is 20.5. The number of rotatable bonds is 13. The van der Waals surface area contributed by atoms with E-state index in [-0.39, 0.29) is 24.3 Å². The highest BCUT2D eigenvalue weighted by molar-refractivity contribution is 6.03. The maximum atomic E-state index is 12.9. The van der Waals surface area contributed by atoms with Crippen molar-refractivity contribution in [2.75, 3.05) is 32.6 Å². The minimum absolute atomic E-state index is 0.101. The molecule has 0 bridgehead atoms. The van der Waals surface area contributed by atoms with Gasteiger partial charge in [0.2, 0.25) is 0 Å². The lowest BCUT2D eigenvalue weighted by atomic mass is 10.0. The van der Waals surface area contributed by atoms with Crippen LogP contribution in [0.1, 0.15) is 50.5 Å². The largest absolute Gasteiger partial charge is 0.468 e. The second-order valence-corrected chi connectivity index (χ2v) is 9.32. The van der Waals surface area contributed by atoms with Gasteiger partial charge >= 0.3 is 5.97 Å². The topological polar surface area (TPSA) is 139 Å². The van der Waals surface area contributed by atoms with Crippen LogP contribution < -0.4 is 10.6 Å². The first-order chi connectivity index (χ1) is 18.7. The fourth-order valence-corrected chi connectivity index (χ4v) is 4.06. The number of methoxy groups -OCH3 is 1. The molecule has 3 rings (SSSR count). The van der Waals surface area contributed by atoms with Gasteiger partial charge < -0.3 is 25.4 Å². The summed E-state index contributed by atoms with van der Waals surface area (Å²) < 4.78 is 6.11. The number of ether oxygens (including phenoxy) is 1. The molecule has 1 atom stereocenters. The normalized spacial score (nSPS) is 11.6. The van der Waals surface area contributed by atoms with Gasteiger partial charge in [0.05, 0.1) is 24.9 Å². The number of benzene rings is 1. The predicted octanol–water partition coefficient (Wildman–Crippen LogP) is 2.09. The first kappa shape index (κ1) is 29.5. The van der Waals surface area contributed by atoms with Gasteiger partial charge in [-0.3, -0.25) is 24.0 Å². The molecule has 0 aliphatic heterocycles. The molecule has 3 N–H and O–H groups in total. The monoisotopic (exact) mass is 536 g/mol. The van der Waals surface area contributed by atoms with Crippen molar-refractivity contribution >= 4 is 23.5 Å². The first-order valence-corrected chi connectivity index (χ1v) is 12.8. The Kier molecular flexibility index (Phi) is 10.7. The minimum Gasteiger partial charge on any atom is -0.468 e. The maximum Gasteiger partial charge on any atom is 0.319 e. The molecule has 1 aromatic carbocycles. The van der Waals surface area contributed by atoms with Gasteiger partial charge in [-0.1, -0.05) is 12.1 Å². The SMILES string of the molecule is COC(=O)CNCCC[C@@H](O)N(C)C(=O)c1cncc(CCc2cccc(NC(=O)c3cc(C)nn3C)c2)c1. The fourth-order valence-electron chi connectivity index (χ4n) is 4.06. The lowest BCUT2D eigenvalue weighted by Crippen LogP contribution is -2.37. The molecule has 2 aromatic heterocycles. The highest BCUT2D eigenvalue weighted by Gasteiger charge is 2.19. The summed E-state index contributed by atoms with van der Waals surface area (Å²) in [5.74, 6) is -0.908. The Morgan fingerprint density at radius 2 is 1.90 bits per heavy atom. The highest BCUT2D eigenvalue weighted by atomic mass is 16.5. The summed E-state index contributed by atoms with van der Waals surface area (Å²) in [6.07, 6.45) is 4.51. The van der Waals surface area contributed by atoms with E-state index in [0.29, 0.717) is 49.2 Å². The third-order valence-electron chi connectivity index (χ3n) is 6.24. The number of hydrogen-bond acceptors (Lipinski definition) is 8. The fraction of sp³-hybridized carbons (Fsp3) is 0.393. The van der Waals surface area contributed by atoms with E-state index in [1.54, 1.807) is 37.1 Å². The van der Waals surface area contributed by atoms with Crippen LogP contribution in [-0.2, 0) is 29.4 Å². The predicted molar refractivity (Wildman–Crippen MR) is 146 cm³/mol. The molecule has 0 saturated heterocycles. The van der Waals surface area contributed by atoms with Crippen LogP contribution in [0, 0.1) is 6.92 Å². The number of nitrogens with one attached hydrogen (secondary N) is 2. The van der Waals surface area contributed by atoms with E-state index in [4.69, 9.17) is 0 Å². The van der Waals surface area contributed by atoms with Crippen LogP contribution in [-0.4, -0.2) is 76.0 Å². The number of anilines is 1. The standard InChI is InChI=1S/C28H36N6O5/c1-19-13-24(34(3)32-19)27(37)31-23-8-5-7-20(15-23)10-11-21-14-22(17-30-16-21)28(38)33(2)25(35)9-6-12-29-18-26(36)39-4/h5,7-8,13-17,25,29,35H,6,9-12,18H2,1-4H3,(H,31,37)/t25-/m1/s1. The molecule has 0 aliphatic rings. The maximum absolute atomic E-state index is 12.9. The molecule has 11 heteroatoms. The Balaban J connectivity index is 1.52. The summed E-state index contributed by atoms with van der Waals surface area (Å²) in [5.41, 5.74) is 4.25. The number of esters is 1. The van der Waals surface area contributed by atoms with Crippen molar-refractivity contribution in [3.8, 4) is 0 Å². The van der Waals surface area contributed by atoms with E-state index in [1.807, 2.05) is 31.2 Å². The molecule has 0 aliphatic carbocycles. The number of aliphatic hydroxyl groups is 1. The molecule has 3 aromatic rings. The number of aryl methyl sites for hydroxylation is 4. The summed E-state index contributed by atoms with van der Waals surface area (Å²) >= 11 is 0. The second kappa shape index (κ2) is 14.2. The van der Waals surface area contributed by atoms with E-state index in [1.165, 1.54) is 18.2 Å². The van der Waals surface area contributed by atoms with Crippen LogP contribution in [0.25, 0.3) is 0 Å². The Morgan fingerprint density at radius 3 is 2.62 bits per heavy atom. The quantitative estimate of drug-likeness (QED) is 0.172. The van der Waals surface area contributed by atoms with E-state index in [9.17, 15) is 19.5 Å². The van der Waals surface area contributed by atoms with Crippen LogP contribution in [0.3, 0.4) is 0 Å². The molecule has 0 unspecified atom stereocenters. The number of pyridine rings is 1. The van der Waals surface area contributed by atoms with Crippen molar-refractivity contribution in [2.24, 2.45) is 7.05 Å². The van der Waals surface area contributed by atoms with Crippen LogP contribution >= 0.6 is 0 Å². The number of nitrogens with zero attached hydrogens (tertiary/aromatic N) is 4. The molecule has 208 valence electrons. The molecule has 2 amide bonds. The Morgan fingerprint density at radius 1 is 1.13 bits per heavy atom. The van der Waals surface area contributed by atoms with Gasteiger partial charge in [0, 0.05) is 32.2 Å². The van der Waals surface area contributed by atoms with Gasteiger partial charge in [-0.15, -0.1) is 0 Å². The molecule has 0 spiro atoms. The van der Waals surface area contributed by atoms with Crippen molar-refractivity contribution in [1.82, 2.24) is 25.0 Å². The third kappa shape index (κ3) is 8.72. The van der Waals surface area contributed by atoms with Crippen LogP contribution in [0.15, 0.2) is 48.8 Å². The summed E-state index contributed by atoms with van der Waals surface area (Å²) in [6, 6.07) is 11.2. The Bertz CT molecular complexity index is 1290. The molecular weight excluding hydrogens is 500 g/mol. The molecule has 39 heavy (non-hydrogen) atoms. The van der Waals surface area contributed by atoms with Gasteiger partial charge in [0.1, 0.15) is 11.9 Å². The highest BCUT2D eigenvalue weighted by Crippen LogP contribution is 2.16. The lowest BCUT2D eigenvalue weighted by Gasteiger charge is -2.24. The van der Waals surface area contributed by atoms with Crippen molar-refractivity contribution < 1.29 is 24.2 Å². The van der Waals surface area contributed by atoms with Gasteiger partial charge in [-0.25, -0.2) is 0 Å². The van der Waals surface area contributed by atoms with Crippen molar-refractivity contribution in [2.45, 2.75) is 38.8 Å². The van der Waals surface area contributed by atoms with E-state index < -0.39 is 6.23 Å². The average molecular weight is 537 g/mol. The van der Waals surface area contributed by atoms with Crippen molar-refractivity contribution in [3.05, 3.63) is 76.9 Å². The van der Waals surface area contributed by atoms with E-state index in [2.05, 4.69) is 25.5 Å². The van der Waals surface area contributed by atoms with Gasteiger partial charge in [0.25, 0.3) is 11.8 Å². The summed E-state index contributed by atoms with van der Waals surface area (Å²) in [4.78, 5) is 42.2. The Labute approximate surface area is 228 Å². The van der Waals surface area contributed by atoms with Crippen LogP contribution in [0.2, 0.25) is 0 Å². The van der Waals surface area contributed by atoms with Gasteiger partial charge in [-0.05, 0) is 74.5 Å². The first-order valence-electron chi connectivity index (χ1n) is 12.8. The molecule has 0 radical (unpaired) electrons. The number of aliphatic hydroxyl groups excluding tert-OH is 1. The number of carbonyl (C=O) groups excluding carboxylic acids is 3. The third-order valence-corrected chi connectivity index (χ3v) is 6.24. The second-order valence-electron chi connectivity index (χ2n) is 9.32. The lowest BCUT2D eigenvalue weighted by molar-refractivity contribution is -0.139.